The van der Waals surface area contributed by atoms with Crippen LogP contribution in [0, 0.1) is 5.82 Å². The van der Waals surface area contributed by atoms with E-state index in [-0.39, 0.29) is 10.2 Å². The second-order valence-corrected chi connectivity index (χ2v) is 4.53. The van der Waals surface area contributed by atoms with E-state index < -0.39 is 29.2 Å². The van der Waals surface area contributed by atoms with Crippen molar-refractivity contribution < 1.29 is 22.4 Å². The van der Waals surface area contributed by atoms with Gasteiger partial charge in [-0.2, -0.15) is 18.3 Å². The molecule has 6 nitrogen and oxygen atoms in total. The van der Waals surface area contributed by atoms with E-state index in [2.05, 4.69) is 31.1 Å². The minimum absolute atomic E-state index is 0.0343. The Morgan fingerprint density at radius 1 is 1.43 bits per heavy atom. The van der Waals surface area contributed by atoms with E-state index in [0.717, 1.165) is 13.0 Å². The third kappa shape index (κ3) is 4.43. The lowest BCUT2D eigenvalue weighted by Crippen LogP contribution is -2.12. The number of carbonyl (C=O) groups excluding carboxylic acids is 1. The molecule has 0 unspecified atom stereocenters. The molecular weight excluding hydrogens is 362 g/mol. The molecule has 0 aliphatic heterocycles. The predicted molar refractivity (Wildman–Crippen MR) is 70.0 cm³/mol. The van der Waals surface area contributed by atoms with Crippen molar-refractivity contribution in [3.05, 3.63) is 38.4 Å². The predicted octanol–water partition coefficient (Wildman–Crippen LogP) is 4.23. The minimum atomic E-state index is -4.88. The molecule has 0 aliphatic rings. The van der Waals surface area contributed by atoms with E-state index >= 15 is 0 Å². The fourth-order valence-corrected chi connectivity index (χ4v) is 1.64. The number of rotatable bonds is 3. The van der Waals surface area contributed by atoms with E-state index in [1.165, 1.54) is 0 Å². The van der Waals surface area contributed by atoms with Gasteiger partial charge in [0.05, 0.1) is 11.3 Å². The Kier molecular flexibility index (Phi) is 5.28. The first-order valence-corrected chi connectivity index (χ1v) is 5.92. The number of nitrogens with zero attached hydrogens (tertiary/aromatic N) is 4. The maximum absolute atomic E-state index is 13.7. The standard InChI is InChI=1S/C10H6BrF4N5O/c1-4(9(21)19-20-16)17-18-7-3-5(11)2-6(8(7)12)10(13,14)15/h2-3,18H,1H3. The topological polar surface area (TPSA) is 90.2 Å². The number of hydrogen-bond acceptors (Lipinski definition) is 3. The van der Waals surface area contributed by atoms with E-state index in [4.69, 9.17) is 5.53 Å². The quantitative estimate of drug-likeness (QED) is 0.216. The molecule has 1 N–H and O–H groups in total. The molecule has 0 aromatic heterocycles. The van der Waals surface area contributed by atoms with E-state index in [0.29, 0.717) is 6.07 Å². The summed E-state index contributed by atoms with van der Waals surface area (Å²) < 4.78 is 51.5. The summed E-state index contributed by atoms with van der Waals surface area (Å²) in [5, 5.41) is 6.08. The Morgan fingerprint density at radius 2 is 2.05 bits per heavy atom. The molecule has 1 aromatic carbocycles. The van der Waals surface area contributed by atoms with Crippen molar-refractivity contribution in [1.29, 1.82) is 0 Å². The van der Waals surface area contributed by atoms with Gasteiger partial charge in [0.2, 0.25) is 0 Å². The number of hydrazone groups is 1. The van der Waals surface area contributed by atoms with Gasteiger partial charge in [0.25, 0.3) is 5.91 Å². The van der Waals surface area contributed by atoms with Crippen LogP contribution in [0.5, 0.6) is 0 Å². The Hall–Kier alpha value is -2.13. The van der Waals surface area contributed by atoms with Gasteiger partial charge in [0, 0.05) is 9.38 Å². The summed E-state index contributed by atoms with van der Waals surface area (Å²) in [7, 11) is 0. The highest BCUT2D eigenvalue weighted by Gasteiger charge is 2.35. The smallest absolute Gasteiger partial charge is 0.286 e. The Labute approximate surface area is 123 Å². The molecule has 21 heavy (non-hydrogen) atoms. The number of azide groups is 1. The third-order valence-corrected chi connectivity index (χ3v) is 2.59. The zero-order chi connectivity index (χ0) is 16.2. The fourth-order valence-electron chi connectivity index (χ4n) is 1.18. The molecule has 11 heteroatoms. The van der Waals surface area contributed by atoms with Crippen LogP contribution in [-0.2, 0) is 11.0 Å². The molecule has 0 saturated carbocycles. The summed E-state index contributed by atoms with van der Waals surface area (Å²) in [6, 6.07) is 1.58. The molecule has 1 aromatic rings. The molecule has 0 fully saturated rings. The number of carbonyl (C=O) groups is 1. The van der Waals surface area contributed by atoms with Crippen molar-refractivity contribution in [3.63, 3.8) is 0 Å². The normalized spacial score (nSPS) is 11.8. The van der Waals surface area contributed by atoms with E-state index in [1.54, 1.807) is 0 Å². The molecule has 0 bridgehead atoms. The summed E-state index contributed by atoms with van der Waals surface area (Å²) in [6.07, 6.45) is -4.88. The third-order valence-electron chi connectivity index (χ3n) is 2.13. The first kappa shape index (κ1) is 16.9. The molecule has 0 saturated heterocycles. The first-order chi connectivity index (χ1) is 9.66. The van der Waals surface area contributed by atoms with Crippen LogP contribution in [0.25, 0.3) is 10.4 Å². The molecule has 1 amide bonds. The van der Waals surface area contributed by atoms with Crippen LogP contribution < -0.4 is 5.43 Å². The maximum atomic E-state index is 13.7. The van der Waals surface area contributed by atoms with Gasteiger partial charge >= 0.3 is 6.18 Å². The zero-order valence-corrected chi connectivity index (χ0v) is 11.8. The highest BCUT2D eigenvalue weighted by atomic mass is 79.9. The van der Waals surface area contributed by atoms with Crippen molar-refractivity contribution in [1.82, 2.24) is 0 Å². The molecular formula is C10H6BrF4N5O. The number of nitrogens with one attached hydrogen (secondary N) is 1. The molecule has 0 aliphatic carbocycles. The molecule has 0 heterocycles. The van der Waals surface area contributed by atoms with Gasteiger partial charge in [-0.15, -0.1) is 0 Å². The lowest BCUT2D eigenvalue weighted by molar-refractivity contribution is -0.140. The lowest BCUT2D eigenvalue weighted by Gasteiger charge is -2.12. The van der Waals surface area contributed by atoms with Crippen molar-refractivity contribution >= 4 is 33.2 Å². The van der Waals surface area contributed by atoms with Crippen LogP contribution >= 0.6 is 15.9 Å². The van der Waals surface area contributed by atoms with Gasteiger partial charge in [-0.05, 0) is 29.7 Å². The van der Waals surface area contributed by atoms with Crippen molar-refractivity contribution in [2.75, 3.05) is 5.43 Å². The number of anilines is 1. The van der Waals surface area contributed by atoms with Crippen molar-refractivity contribution in [2.45, 2.75) is 13.1 Å². The number of hydrogen-bond donors (Lipinski definition) is 1. The summed E-state index contributed by atoms with van der Waals surface area (Å²) in [6.45, 7) is 1.14. The van der Waals surface area contributed by atoms with Crippen LogP contribution in [0.2, 0.25) is 0 Å². The minimum Gasteiger partial charge on any atom is -0.286 e. The SMILES string of the molecule is CC(=NNc1cc(Br)cc(C(F)(F)F)c1F)C(=O)N=[N+]=[N-]. The van der Waals surface area contributed by atoms with Crippen LogP contribution in [-0.4, -0.2) is 11.6 Å². The summed E-state index contributed by atoms with van der Waals surface area (Å²) in [5.41, 5.74) is 7.60. The lowest BCUT2D eigenvalue weighted by atomic mass is 10.2. The monoisotopic (exact) mass is 367 g/mol. The van der Waals surface area contributed by atoms with Crippen LogP contribution in [0.1, 0.15) is 12.5 Å². The van der Waals surface area contributed by atoms with Gasteiger partial charge in [-0.25, -0.2) is 4.39 Å². The van der Waals surface area contributed by atoms with Crippen LogP contribution in [0.15, 0.2) is 26.8 Å². The molecule has 0 spiro atoms. The summed E-state index contributed by atoms with van der Waals surface area (Å²) in [4.78, 5) is 13.3. The average Bonchev–Trinajstić information content (AvgIpc) is 2.37. The number of halogens is 5. The van der Waals surface area contributed by atoms with Crippen molar-refractivity contribution in [3.8, 4) is 0 Å². The van der Waals surface area contributed by atoms with Gasteiger partial charge < -0.3 is 0 Å². The van der Waals surface area contributed by atoms with Crippen LogP contribution in [0.4, 0.5) is 23.2 Å². The van der Waals surface area contributed by atoms with Crippen LogP contribution in [0.3, 0.4) is 0 Å². The van der Waals surface area contributed by atoms with Gasteiger partial charge in [-0.1, -0.05) is 15.9 Å². The molecule has 0 atom stereocenters. The molecule has 1 rings (SSSR count). The average molecular weight is 368 g/mol. The number of amides is 1. The first-order valence-electron chi connectivity index (χ1n) is 5.12. The largest absolute Gasteiger partial charge is 0.419 e. The van der Waals surface area contributed by atoms with Gasteiger partial charge in [-0.3, -0.25) is 10.2 Å². The maximum Gasteiger partial charge on any atom is 0.419 e. The summed E-state index contributed by atoms with van der Waals surface area (Å²) >= 11 is 2.81. The second kappa shape index (κ2) is 6.55. The summed E-state index contributed by atoms with van der Waals surface area (Å²) in [5.74, 6) is -2.62. The molecule has 112 valence electrons. The second-order valence-electron chi connectivity index (χ2n) is 3.62. The highest BCUT2D eigenvalue weighted by molar-refractivity contribution is 9.10. The zero-order valence-electron chi connectivity index (χ0n) is 10.2. The Balaban J connectivity index is 3.16. The van der Waals surface area contributed by atoms with Gasteiger partial charge in [0.1, 0.15) is 5.71 Å². The highest BCUT2D eigenvalue weighted by Crippen LogP contribution is 2.36. The van der Waals surface area contributed by atoms with E-state index in [1.807, 2.05) is 5.43 Å². The number of benzene rings is 1. The molecule has 0 radical (unpaired) electrons. The number of alkyl halides is 3. The van der Waals surface area contributed by atoms with Crippen molar-refractivity contribution in [2.24, 2.45) is 10.2 Å². The Morgan fingerprint density at radius 3 is 2.57 bits per heavy atom. The fraction of sp³-hybridized carbons (Fsp3) is 0.200. The van der Waals surface area contributed by atoms with Gasteiger partial charge in [0.15, 0.2) is 5.82 Å². The van der Waals surface area contributed by atoms with E-state index in [9.17, 15) is 22.4 Å². The Bertz CT molecular complexity index is 652.